The van der Waals surface area contributed by atoms with E-state index >= 15 is 0 Å². The quantitative estimate of drug-likeness (QED) is 0.0250. The Bertz CT molecular complexity index is 1010. The number of benzene rings is 1. The van der Waals surface area contributed by atoms with Gasteiger partial charge in [-0.2, -0.15) is 0 Å². The monoisotopic (exact) mass is 580 g/mol. The van der Waals surface area contributed by atoms with Crippen molar-refractivity contribution in [3.63, 3.8) is 0 Å². The zero-order valence-electron chi connectivity index (χ0n) is 23.0. The molecule has 0 saturated heterocycles. The minimum atomic E-state index is -1.18. The number of methoxy groups -OCH3 is 1. The first kappa shape index (κ1) is 35.9. The molecule has 1 aromatic rings. The minimum Gasteiger partial charge on any atom is -1.00 e. The summed E-state index contributed by atoms with van der Waals surface area (Å²) in [7, 11) is 2.66. The van der Waals surface area contributed by atoms with E-state index in [0.717, 1.165) is 5.56 Å². The van der Waals surface area contributed by atoms with Gasteiger partial charge < -0.3 is 37.8 Å². The molecule has 3 atom stereocenters. The highest BCUT2D eigenvalue weighted by molar-refractivity contribution is 6.02. The van der Waals surface area contributed by atoms with E-state index < -0.39 is 41.7 Å². The highest BCUT2D eigenvalue weighted by Gasteiger charge is 2.32. The minimum absolute atomic E-state index is 0. The van der Waals surface area contributed by atoms with E-state index in [1.165, 1.54) is 20.2 Å². The fourth-order valence-corrected chi connectivity index (χ4v) is 3.65. The zero-order chi connectivity index (χ0) is 29.2. The Morgan fingerprint density at radius 2 is 1.60 bits per heavy atom. The average Bonchev–Trinajstić information content (AvgIpc) is 2.92. The van der Waals surface area contributed by atoms with E-state index in [4.69, 9.17) is 20.9 Å². The molecule has 3 amide bonds. The van der Waals surface area contributed by atoms with Crippen LogP contribution in [0.15, 0.2) is 49.6 Å². The smallest absolute Gasteiger partial charge is 0.338 e. The lowest BCUT2D eigenvalue weighted by atomic mass is 9.97. The average molecular weight is 581 g/mol. The molecule has 222 valence electrons. The van der Waals surface area contributed by atoms with E-state index in [1.807, 2.05) is 0 Å². The molecule has 0 unspecified atom stereocenters. The Morgan fingerprint density at radius 3 is 2.12 bits per heavy atom. The predicted molar refractivity (Wildman–Crippen MR) is 147 cm³/mol. The standard InChI is InChI=1S/C27H40N6O6.ClH/c1-5-9-21(26(37)38-4)32-23(34)20(10-7-8-15-31-27(28)29)24(35)33-22(25(36)30-3)17-18-11-13-19(14-12-18)39-16-6-2;/h5-6,11-14,20-22H,1-2,7-10,15-17H2,3-4H3,(H,30,36)(H,32,34)(H,33,35)(H4,28,29,31);1H/t20-,21+,22+;/m1./s1. The lowest BCUT2D eigenvalue weighted by Gasteiger charge is -2.23. The zero-order valence-corrected chi connectivity index (χ0v) is 23.8. The van der Waals surface area contributed by atoms with E-state index in [-0.39, 0.29) is 37.6 Å². The van der Waals surface area contributed by atoms with Crippen LogP contribution in [0, 0.1) is 5.92 Å². The van der Waals surface area contributed by atoms with Gasteiger partial charge in [-0.05, 0) is 43.4 Å². The summed E-state index contributed by atoms with van der Waals surface area (Å²) in [5.74, 6) is -2.87. The SMILES string of the molecule is C=CCOc1ccc(C[C@H](NC(=O)[C@H](CCCC[NH+]=C(N)N)C(=O)N[C@@H](CC=C)C(=O)OC)C(=O)NC)cc1.[Cl-]. The molecule has 0 bridgehead atoms. The van der Waals surface area contributed by atoms with Crippen molar-refractivity contribution in [1.29, 1.82) is 0 Å². The van der Waals surface area contributed by atoms with Crippen molar-refractivity contribution in [3.8, 4) is 5.75 Å². The van der Waals surface area contributed by atoms with Crippen molar-refractivity contribution in [1.82, 2.24) is 16.0 Å². The Kier molecular flexibility index (Phi) is 17.9. The van der Waals surface area contributed by atoms with Crippen LogP contribution >= 0.6 is 0 Å². The summed E-state index contributed by atoms with van der Waals surface area (Å²) in [6.07, 6.45) is 4.58. The van der Waals surface area contributed by atoms with Gasteiger partial charge in [-0.3, -0.25) is 30.8 Å². The van der Waals surface area contributed by atoms with Crippen LogP contribution in [0.25, 0.3) is 0 Å². The Labute approximate surface area is 241 Å². The van der Waals surface area contributed by atoms with Crippen molar-refractivity contribution in [2.24, 2.45) is 17.4 Å². The number of nitrogens with one attached hydrogen (secondary N) is 4. The molecule has 0 fully saturated rings. The van der Waals surface area contributed by atoms with Gasteiger partial charge in [0, 0.05) is 13.5 Å². The number of unbranched alkanes of at least 4 members (excludes halogenated alkanes) is 1. The number of ether oxygens (including phenoxy) is 2. The van der Waals surface area contributed by atoms with E-state index in [0.29, 0.717) is 31.7 Å². The maximum atomic E-state index is 13.4. The van der Waals surface area contributed by atoms with Gasteiger partial charge in [0.1, 0.15) is 30.4 Å². The van der Waals surface area contributed by atoms with Crippen molar-refractivity contribution in [2.75, 3.05) is 27.3 Å². The van der Waals surface area contributed by atoms with Crippen molar-refractivity contribution in [3.05, 3.63) is 55.1 Å². The van der Waals surface area contributed by atoms with Crippen LogP contribution in [0.4, 0.5) is 0 Å². The van der Waals surface area contributed by atoms with Gasteiger partial charge in [0.25, 0.3) is 0 Å². The summed E-state index contributed by atoms with van der Waals surface area (Å²) in [4.78, 5) is 54.0. The number of likely N-dealkylation sites (N-methyl/N-ethyl adjacent to an activating group) is 1. The molecule has 0 radical (unpaired) electrons. The fraction of sp³-hybridized carbons (Fsp3) is 0.444. The number of amides is 3. The molecule has 40 heavy (non-hydrogen) atoms. The van der Waals surface area contributed by atoms with Crippen molar-refractivity contribution < 1.29 is 46.1 Å². The summed E-state index contributed by atoms with van der Waals surface area (Å²) < 4.78 is 10.2. The number of carbonyl (C=O) groups excluding carboxylic acids is 4. The molecular formula is C27H41ClN6O6. The second kappa shape index (κ2) is 19.9. The van der Waals surface area contributed by atoms with Crippen molar-refractivity contribution >= 4 is 29.7 Å². The van der Waals surface area contributed by atoms with Crippen LogP contribution in [0.3, 0.4) is 0 Å². The van der Waals surface area contributed by atoms with Crippen LogP contribution in [-0.4, -0.2) is 69.0 Å². The number of guanidine groups is 1. The Balaban J connectivity index is 0.0000152. The molecule has 0 saturated carbocycles. The number of nitrogens with two attached hydrogens (primary N) is 2. The molecule has 0 heterocycles. The molecule has 0 aliphatic carbocycles. The van der Waals surface area contributed by atoms with Crippen LogP contribution in [0.2, 0.25) is 0 Å². The van der Waals surface area contributed by atoms with Gasteiger partial charge in [-0.1, -0.05) is 30.9 Å². The predicted octanol–water partition coefficient (Wildman–Crippen LogP) is -4.60. The first-order valence-corrected chi connectivity index (χ1v) is 12.6. The van der Waals surface area contributed by atoms with Gasteiger partial charge >= 0.3 is 11.9 Å². The number of esters is 1. The maximum Gasteiger partial charge on any atom is 0.338 e. The molecule has 0 aromatic heterocycles. The number of rotatable bonds is 18. The molecule has 0 aliphatic heterocycles. The van der Waals surface area contributed by atoms with Crippen LogP contribution in [0.1, 0.15) is 31.2 Å². The van der Waals surface area contributed by atoms with Crippen LogP contribution in [0.5, 0.6) is 5.75 Å². The summed E-state index contributed by atoms with van der Waals surface area (Å²) in [6, 6.07) is 5.13. The van der Waals surface area contributed by atoms with E-state index in [9.17, 15) is 19.2 Å². The van der Waals surface area contributed by atoms with E-state index in [2.05, 4.69) is 34.1 Å². The van der Waals surface area contributed by atoms with Gasteiger partial charge in [0.2, 0.25) is 17.7 Å². The third-order valence-corrected chi connectivity index (χ3v) is 5.70. The number of halogens is 1. The molecular weight excluding hydrogens is 540 g/mol. The number of hydrogen-bond donors (Lipinski definition) is 6. The molecule has 0 spiro atoms. The lowest BCUT2D eigenvalue weighted by molar-refractivity contribution is -0.459. The summed E-state index contributed by atoms with van der Waals surface area (Å²) in [5.41, 5.74) is 11.6. The molecule has 0 aliphatic rings. The third kappa shape index (κ3) is 13.1. The Morgan fingerprint density at radius 1 is 0.975 bits per heavy atom. The van der Waals surface area contributed by atoms with Gasteiger partial charge in [0.15, 0.2) is 0 Å². The van der Waals surface area contributed by atoms with Gasteiger partial charge in [0.05, 0.1) is 13.7 Å². The summed E-state index contributed by atoms with van der Waals surface area (Å²) in [6.45, 7) is 8.01. The van der Waals surface area contributed by atoms with Crippen molar-refractivity contribution in [2.45, 2.75) is 44.2 Å². The van der Waals surface area contributed by atoms with E-state index in [1.54, 1.807) is 30.3 Å². The molecule has 1 aromatic carbocycles. The second-order valence-electron chi connectivity index (χ2n) is 8.66. The third-order valence-electron chi connectivity index (χ3n) is 5.70. The van der Waals surface area contributed by atoms with Crippen LogP contribution < -0.4 is 49.6 Å². The lowest BCUT2D eigenvalue weighted by Crippen LogP contribution is -3.00. The number of carbonyl (C=O) groups is 4. The van der Waals surface area contributed by atoms with Crippen LogP contribution in [-0.2, 0) is 30.3 Å². The maximum absolute atomic E-state index is 13.4. The first-order chi connectivity index (χ1) is 18.7. The summed E-state index contributed by atoms with van der Waals surface area (Å²) in [5, 5.41) is 7.82. The highest BCUT2D eigenvalue weighted by atomic mass is 35.5. The summed E-state index contributed by atoms with van der Waals surface area (Å²) >= 11 is 0. The van der Waals surface area contributed by atoms with Gasteiger partial charge in [-0.25, -0.2) is 4.79 Å². The fourth-order valence-electron chi connectivity index (χ4n) is 3.65. The topological polar surface area (TPSA) is 189 Å². The molecule has 1 rings (SSSR count). The molecule has 12 nitrogen and oxygen atoms in total. The van der Waals surface area contributed by atoms with Gasteiger partial charge in [-0.15, -0.1) is 6.58 Å². The first-order valence-electron chi connectivity index (χ1n) is 12.6. The normalized spacial score (nSPS) is 12.2. The second-order valence-corrected chi connectivity index (χ2v) is 8.66. The number of hydrogen-bond acceptors (Lipinski definition) is 6. The Hall–Kier alpha value is -4.06. The molecule has 13 heteroatoms. The molecule has 8 N–H and O–H groups in total. The largest absolute Gasteiger partial charge is 1.00 e. The highest BCUT2D eigenvalue weighted by Crippen LogP contribution is 2.15.